The van der Waals surface area contributed by atoms with Crippen LogP contribution in [0.1, 0.15) is 6.92 Å². The van der Waals surface area contributed by atoms with Gasteiger partial charge in [-0.2, -0.15) is 0 Å². The van der Waals surface area contributed by atoms with Crippen molar-refractivity contribution in [2.75, 3.05) is 26.9 Å². The van der Waals surface area contributed by atoms with E-state index in [0.717, 1.165) is 12.2 Å². The predicted molar refractivity (Wildman–Crippen MR) is 57.1 cm³/mol. The number of hydrogen-bond acceptors (Lipinski definition) is 6. The first kappa shape index (κ1) is 14.9. The second-order valence-corrected chi connectivity index (χ2v) is 2.67. The maximum absolute atomic E-state index is 11.0. The number of carbonyl (C=O) groups is 3. The minimum Gasteiger partial charge on any atom is -0.463 e. The van der Waals surface area contributed by atoms with Gasteiger partial charge in [-0.05, 0) is 6.92 Å². The summed E-state index contributed by atoms with van der Waals surface area (Å²) in [6.45, 7) is 2.01. The summed E-state index contributed by atoms with van der Waals surface area (Å²) in [5.74, 6) is -1.30. The van der Waals surface area contributed by atoms with Crippen molar-refractivity contribution in [2.24, 2.45) is 0 Å². The lowest BCUT2D eigenvalue weighted by molar-refractivity contribution is -0.140. The molecule has 0 heterocycles. The molecule has 0 aromatic carbocycles. The second-order valence-electron chi connectivity index (χ2n) is 2.67. The summed E-state index contributed by atoms with van der Waals surface area (Å²) in [6.07, 6.45) is 1.32. The number of alkyl carbamates (subject to hydrolysis) is 1. The van der Waals surface area contributed by atoms with E-state index in [9.17, 15) is 14.4 Å². The molecule has 17 heavy (non-hydrogen) atoms. The number of esters is 2. The van der Waals surface area contributed by atoms with Gasteiger partial charge >= 0.3 is 18.0 Å². The van der Waals surface area contributed by atoms with Crippen molar-refractivity contribution in [3.63, 3.8) is 0 Å². The molecule has 7 heteroatoms. The fourth-order valence-electron chi connectivity index (χ4n) is 0.751. The molecule has 1 amide bonds. The van der Waals surface area contributed by atoms with Crippen LogP contribution in [0.25, 0.3) is 0 Å². The number of carbonyl (C=O) groups excluding carboxylic acids is 3. The van der Waals surface area contributed by atoms with Crippen molar-refractivity contribution in [1.82, 2.24) is 5.32 Å². The Morgan fingerprint density at radius 2 is 1.71 bits per heavy atom. The first-order chi connectivity index (χ1) is 8.10. The molecule has 0 bridgehead atoms. The molecule has 0 fully saturated rings. The van der Waals surface area contributed by atoms with Gasteiger partial charge in [0.1, 0.15) is 6.61 Å². The molecule has 0 aliphatic rings. The Kier molecular flexibility index (Phi) is 8.09. The maximum Gasteiger partial charge on any atom is 0.406 e. The van der Waals surface area contributed by atoms with Crippen LogP contribution in [0, 0.1) is 0 Å². The van der Waals surface area contributed by atoms with Crippen LogP contribution in [0.4, 0.5) is 4.79 Å². The summed E-state index contributed by atoms with van der Waals surface area (Å²) in [5.41, 5.74) is 0. The molecule has 0 spiro atoms. The molecule has 1 N–H and O–H groups in total. The Morgan fingerprint density at radius 3 is 2.24 bits per heavy atom. The zero-order valence-electron chi connectivity index (χ0n) is 9.73. The fraction of sp³-hybridized carbons (Fsp3) is 0.500. The van der Waals surface area contributed by atoms with Crippen molar-refractivity contribution < 1.29 is 28.6 Å². The molecule has 96 valence electrons. The molecule has 0 saturated heterocycles. The van der Waals surface area contributed by atoms with E-state index < -0.39 is 18.0 Å². The highest BCUT2D eigenvalue weighted by Gasteiger charge is 2.01. The van der Waals surface area contributed by atoms with Gasteiger partial charge in [0, 0.05) is 12.2 Å². The van der Waals surface area contributed by atoms with E-state index in [1.165, 1.54) is 7.11 Å². The predicted octanol–water partition coefficient (Wildman–Crippen LogP) is 0.00490. The minimum atomic E-state index is -0.690. The Balaban J connectivity index is 3.66. The molecule has 0 aliphatic carbocycles. The zero-order valence-corrected chi connectivity index (χ0v) is 9.73. The maximum atomic E-state index is 11.0. The van der Waals surface area contributed by atoms with Crippen LogP contribution in [0.15, 0.2) is 12.2 Å². The SMILES string of the molecule is CCOC(=O)/C=C/C(=O)OCCNC(=O)OC. The van der Waals surface area contributed by atoms with Gasteiger partial charge in [0.05, 0.1) is 20.3 Å². The molecular formula is C10H15NO6. The van der Waals surface area contributed by atoms with Gasteiger partial charge < -0.3 is 19.5 Å². The lowest BCUT2D eigenvalue weighted by Gasteiger charge is -2.03. The van der Waals surface area contributed by atoms with Crippen molar-refractivity contribution >= 4 is 18.0 Å². The molecular weight excluding hydrogens is 230 g/mol. The quantitative estimate of drug-likeness (QED) is 0.306. The van der Waals surface area contributed by atoms with E-state index in [-0.39, 0.29) is 19.8 Å². The normalized spacial score (nSPS) is 9.76. The molecule has 0 atom stereocenters. The third-order valence-electron chi connectivity index (χ3n) is 1.44. The first-order valence-electron chi connectivity index (χ1n) is 4.93. The fourth-order valence-corrected chi connectivity index (χ4v) is 0.751. The summed E-state index contributed by atoms with van der Waals surface area (Å²) in [6, 6.07) is 0. The first-order valence-corrected chi connectivity index (χ1v) is 4.93. The topological polar surface area (TPSA) is 90.9 Å². The summed E-state index contributed by atoms with van der Waals surface area (Å²) in [5, 5.41) is 2.32. The largest absolute Gasteiger partial charge is 0.463 e. The summed E-state index contributed by atoms with van der Waals surface area (Å²) < 4.78 is 13.5. The highest BCUT2D eigenvalue weighted by molar-refractivity contribution is 5.91. The highest BCUT2D eigenvalue weighted by atomic mass is 16.5. The van der Waals surface area contributed by atoms with Crippen molar-refractivity contribution in [2.45, 2.75) is 6.92 Å². The monoisotopic (exact) mass is 245 g/mol. The van der Waals surface area contributed by atoms with Crippen LogP contribution in [0.5, 0.6) is 0 Å². The minimum absolute atomic E-state index is 0.0128. The van der Waals surface area contributed by atoms with Crippen LogP contribution >= 0.6 is 0 Å². The standard InChI is InChI=1S/C10H15NO6/c1-3-16-8(12)4-5-9(13)17-7-6-11-10(14)15-2/h4-5H,3,6-7H2,1-2H3,(H,11,14)/b5-4+. The molecule has 0 aromatic heterocycles. The van der Waals surface area contributed by atoms with E-state index >= 15 is 0 Å². The van der Waals surface area contributed by atoms with Crippen LogP contribution in [-0.2, 0) is 23.8 Å². The summed E-state index contributed by atoms with van der Waals surface area (Å²) in [4.78, 5) is 32.4. The van der Waals surface area contributed by atoms with Crippen LogP contribution in [-0.4, -0.2) is 44.9 Å². The van der Waals surface area contributed by atoms with Crippen LogP contribution in [0.2, 0.25) is 0 Å². The number of ether oxygens (including phenoxy) is 3. The van der Waals surface area contributed by atoms with E-state index in [1.807, 2.05) is 0 Å². The zero-order chi connectivity index (χ0) is 13.1. The van der Waals surface area contributed by atoms with E-state index in [1.54, 1.807) is 6.92 Å². The van der Waals surface area contributed by atoms with E-state index in [2.05, 4.69) is 19.5 Å². The highest BCUT2D eigenvalue weighted by Crippen LogP contribution is 1.85. The molecule has 0 aromatic rings. The van der Waals surface area contributed by atoms with Crippen LogP contribution in [0.3, 0.4) is 0 Å². The van der Waals surface area contributed by atoms with Gasteiger partial charge in [0.2, 0.25) is 0 Å². The lowest BCUT2D eigenvalue weighted by Crippen LogP contribution is -2.27. The van der Waals surface area contributed by atoms with Crippen LogP contribution < -0.4 is 5.32 Å². The van der Waals surface area contributed by atoms with Crippen molar-refractivity contribution in [1.29, 1.82) is 0 Å². The summed E-state index contributed by atoms with van der Waals surface area (Å²) >= 11 is 0. The molecule has 0 unspecified atom stereocenters. The van der Waals surface area contributed by atoms with Gasteiger partial charge in [0.25, 0.3) is 0 Å². The number of amides is 1. The van der Waals surface area contributed by atoms with Gasteiger partial charge in [-0.25, -0.2) is 14.4 Å². The van der Waals surface area contributed by atoms with E-state index in [0.29, 0.717) is 0 Å². The Labute approximate surface area is 98.7 Å². The molecule has 0 rings (SSSR count). The number of hydrogen-bond donors (Lipinski definition) is 1. The Bertz CT molecular complexity index is 299. The van der Waals surface area contributed by atoms with Gasteiger partial charge in [-0.15, -0.1) is 0 Å². The Morgan fingerprint density at radius 1 is 1.12 bits per heavy atom. The average molecular weight is 245 g/mol. The molecule has 0 aliphatic heterocycles. The number of rotatable bonds is 6. The van der Waals surface area contributed by atoms with Crippen molar-refractivity contribution in [3.8, 4) is 0 Å². The molecule has 0 radical (unpaired) electrons. The van der Waals surface area contributed by atoms with Crippen molar-refractivity contribution in [3.05, 3.63) is 12.2 Å². The third kappa shape index (κ3) is 8.91. The number of nitrogens with one attached hydrogen (secondary N) is 1. The second kappa shape index (κ2) is 9.20. The van der Waals surface area contributed by atoms with E-state index in [4.69, 9.17) is 0 Å². The molecule has 0 saturated carbocycles. The third-order valence-corrected chi connectivity index (χ3v) is 1.44. The number of methoxy groups -OCH3 is 1. The lowest BCUT2D eigenvalue weighted by atomic mass is 10.5. The average Bonchev–Trinajstić information content (AvgIpc) is 2.32. The summed E-state index contributed by atoms with van der Waals surface area (Å²) in [7, 11) is 1.23. The van der Waals surface area contributed by atoms with Gasteiger partial charge in [-0.1, -0.05) is 0 Å². The van der Waals surface area contributed by atoms with Gasteiger partial charge in [-0.3, -0.25) is 0 Å². The molecule has 7 nitrogen and oxygen atoms in total. The smallest absolute Gasteiger partial charge is 0.406 e. The van der Waals surface area contributed by atoms with Gasteiger partial charge in [0.15, 0.2) is 0 Å². The Hall–Kier alpha value is -2.05.